The van der Waals surface area contributed by atoms with Gasteiger partial charge in [0.05, 0.1) is 5.69 Å². The Balaban J connectivity index is 1.83. The van der Waals surface area contributed by atoms with Crippen LogP contribution in [0.3, 0.4) is 0 Å². The van der Waals surface area contributed by atoms with E-state index in [0.29, 0.717) is 25.5 Å². The molecule has 1 aromatic carbocycles. The standard InChI is InChI=1S/C17H22N2O3S/c1-12(2)8-15(17(20)21)18-9-13-11-23-16(19-13)10-22-14-6-4-3-5-7-14/h3-7,11-12,15,18H,8-10H2,1-2H3,(H,20,21). The molecular formula is C17H22N2O3S. The van der Waals surface area contributed by atoms with Crippen molar-refractivity contribution in [2.75, 3.05) is 0 Å². The number of para-hydroxylation sites is 1. The summed E-state index contributed by atoms with van der Waals surface area (Å²) in [6, 6.07) is 9.05. The highest BCUT2D eigenvalue weighted by Gasteiger charge is 2.18. The Morgan fingerprint density at radius 1 is 1.35 bits per heavy atom. The van der Waals surface area contributed by atoms with Gasteiger partial charge < -0.3 is 9.84 Å². The smallest absolute Gasteiger partial charge is 0.320 e. The molecule has 0 aliphatic carbocycles. The summed E-state index contributed by atoms with van der Waals surface area (Å²) in [5.41, 5.74) is 0.844. The predicted octanol–water partition coefficient (Wildman–Crippen LogP) is 3.31. The van der Waals surface area contributed by atoms with E-state index in [-0.39, 0.29) is 0 Å². The van der Waals surface area contributed by atoms with Gasteiger partial charge in [0.2, 0.25) is 0 Å². The Labute approximate surface area is 140 Å². The summed E-state index contributed by atoms with van der Waals surface area (Å²) in [5, 5.41) is 15.1. The topological polar surface area (TPSA) is 71.5 Å². The van der Waals surface area contributed by atoms with E-state index in [9.17, 15) is 9.90 Å². The fraction of sp³-hybridized carbons (Fsp3) is 0.412. The highest BCUT2D eigenvalue weighted by Crippen LogP contribution is 2.15. The number of aliphatic carboxylic acids is 1. The second-order valence-electron chi connectivity index (χ2n) is 5.74. The van der Waals surface area contributed by atoms with Crippen LogP contribution in [-0.2, 0) is 17.9 Å². The molecule has 0 saturated carbocycles. The van der Waals surface area contributed by atoms with Crippen LogP contribution in [0.25, 0.3) is 0 Å². The maximum Gasteiger partial charge on any atom is 0.320 e. The number of carbonyl (C=O) groups is 1. The molecule has 0 aliphatic rings. The number of nitrogens with one attached hydrogen (secondary N) is 1. The minimum absolute atomic E-state index is 0.328. The number of hydrogen-bond donors (Lipinski definition) is 2. The van der Waals surface area contributed by atoms with Crippen LogP contribution >= 0.6 is 11.3 Å². The average Bonchev–Trinajstić information content (AvgIpc) is 2.98. The van der Waals surface area contributed by atoms with Crippen LogP contribution in [0.4, 0.5) is 0 Å². The Morgan fingerprint density at radius 3 is 2.74 bits per heavy atom. The predicted molar refractivity (Wildman–Crippen MR) is 90.6 cm³/mol. The largest absolute Gasteiger partial charge is 0.486 e. The first-order chi connectivity index (χ1) is 11.0. The van der Waals surface area contributed by atoms with Crippen LogP contribution < -0.4 is 10.1 Å². The number of carboxylic acids is 1. The van der Waals surface area contributed by atoms with Crippen LogP contribution in [0, 0.1) is 5.92 Å². The second-order valence-corrected chi connectivity index (χ2v) is 6.68. The first kappa shape index (κ1) is 17.4. The van der Waals surface area contributed by atoms with Gasteiger partial charge in [-0.15, -0.1) is 11.3 Å². The van der Waals surface area contributed by atoms with Crippen molar-refractivity contribution in [3.8, 4) is 5.75 Å². The molecule has 0 amide bonds. The van der Waals surface area contributed by atoms with E-state index in [1.54, 1.807) is 0 Å². The van der Waals surface area contributed by atoms with Gasteiger partial charge in [0, 0.05) is 11.9 Å². The molecule has 0 spiro atoms. The lowest BCUT2D eigenvalue weighted by atomic mass is 10.0. The minimum Gasteiger partial charge on any atom is -0.486 e. The molecule has 124 valence electrons. The van der Waals surface area contributed by atoms with Crippen molar-refractivity contribution in [3.63, 3.8) is 0 Å². The number of carboxylic acid groups (broad SMARTS) is 1. The number of hydrogen-bond acceptors (Lipinski definition) is 5. The van der Waals surface area contributed by atoms with E-state index in [2.05, 4.69) is 10.3 Å². The van der Waals surface area contributed by atoms with E-state index in [1.165, 1.54) is 11.3 Å². The van der Waals surface area contributed by atoms with Crippen LogP contribution in [0.5, 0.6) is 5.75 Å². The zero-order valence-corrected chi connectivity index (χ0v) is 14.2. The summed E-state index contributed by atoms with van der Waals surface area (Å²) in [4.78, 5) is 15.7. The summed E-state index contributed by atoms with van der Waals surface area (Å²) >= 11 is 1.52. The summed E-state index contributed by atoms with van der Waals surface area (Å²) in [7, 11) is 0. The monoisotopic (exact) mass is 334 g/mol. The van der Waals surface area contributed by atoms with E-state index in [0.717, 1.165) is 16.5 Å². The third-order valence-corrected chi connectivity index (χ3v) is 4.11. The molecule has 2 N–H and O–H groups in total. The number of nitrogens with zero attached hydrogens (tertiary/aromatic N) is 1. The molecule has 1 aromatic heterocycles. The summed E-state index contributed by atoms with van der Waals surface area (Å²) < 4.78 is 5.66. The van der Waals surface area contributed by atoms with Gasteiger partial charge in [-0.1, -0.05) is 32.0 Å². The molecule has 1 heterocycles. The molecule has 1 atom stereocenters. The Bertz CT molecular complexity index is 613. The van der Waals surface area contributed by atoms with E-state index in [1.807, 2.05) is 49.6 Å². The number of thiazole rings is 1. The van der Waals surface area contributed by atoms with Gasteiger partial charge in [-0.3, -0.25) is 10.1 Å². The van der Waals surface area contributed by atoms with Gasteiger partial charge >= 0.3 is 5.97 Å². The van der Waals surface area contributed by atoms with Gasteiger partial charge in [0.25, 0.3) is 0 Å². The highest BCUT2D eigenvalue weighted by molar-refractivity contribution is 7.09. The Morgan fingerprint density at radius 2 is 2.09 bits per heavy atom. The fourth-order valence-corrected chi connectivity index (χ4v) is 2.83. The SMILES string of the molecule is CC(C)CC(NCc1csc(COc2ccccc2)n1)C(=O)O. The molecule has 1 unspecified atom stereocenters. The molecule has 0 aliphatic heterocycles. The molecule has 0 radical (unpaired) electrons. The fourth-order valence-electron chi connectivity index (χ4n) is 2.13. The normalized spacial score (nSPS) is 12.3. The number of benzene rings is 1. The molecule has 5 nitrogen and oxygen atoms in total. The second kappa shape index (κ2) is 8.64. The van der Waals surface area contributed by atoms with Crippen molar-refractivity contribution < 1.29 is 14.6 Å². The summed E-state index contributed by atoms with van der Waals surface area (Å²) in [6.45, 7) is 4.90. The van der Waals surface area contributed by atoms with Gasteiger partial charge in [-0.05, 0) is 24.5 Å². The number of ether oxygens (including phenoxy) is 1. The summed E-state index contributed by atoms with van der Waals surface area (Å²) in [5.74, 6) is 0.320. The van der Waals surface area contributed by atoms with Crippen LogP contribution in [0.1, 0.15) is 31.0 Å². The van der Waals surface area contributed by atoms with E-state index in [4.69, 9.17) is 4.74 Å². The zero-order valence-electron chi connectivity index (χ0n) is 13.4. The maximum absolute atomic E-state index is 11.2. The molecule has 0 fully saturated rings. The van der Waals surface area contributed by atoms with E-state index < -0.39 is 12.0 Å². The molecule has 0 saturated heterocycles. The van der Waals surface area contributed by atoms with Gasteiger partial charge in [-0.25, -0.2) is 4.98 Å². The molecule has 6 heteroatoms. The minimum atomic E-state index is -0.818. The van der Waals surface area contributed by atoms with Gasteiger partial charge in [0.1, 0.15) is 23.4 Å². The van der Waals surface area contributed by atoms with Crippen LogP contribution in [0.2, 0.25) is 0 Å². The molecule has 2 rings (SSSR count). The Hall–Kier alpha value is -1.92. The zero-order chi connectivity index (χ0) is 16.7. The van der Waals surface area contributed by atoms with E-state index >= 15 is 0 Å². The lowest BCUT2D eigenvalue weighted by molar-refractivity contribution is -0.140. The van der Waals surface area contributed by atoms with Crippen molar-refractivity contribution in [1.29, 1.82) is 0 Å². The quantitative estimate of drug-likeness (QED) is 0.736. The third-order valence-electron chi connectivity index (χ3n) is 3.24. The van der Waals surface area contributed by atoms with Gasteiger partial charge in [-0.2, -0.15) is 0 Å². The average molecular weight is 334 g/mol. The molecular weight excluding hydrogens is 312 g/mol. The summed E-state index contributed by atoms with van der Waals surface area (Å²) in [6.07, 6.45) is 0.601. The van der Waals surface area contributed by atoms with Crippen molar-refractivity contribution >= 4 is 17.3 Å². The Kier molecular flexibility index (Phi) is 6.55. The molecule has 23 heavy (non-hydrogen) atoms. The lowest BCUT2D eigenvalue weighted by Crippen LogP contribution is -2.37. The molecule has 0 bridgehead atoms. The van der Waals surface area contributed by atoms with Crippen molar-refractivity contribution in [2.24, 2.45) is 5.92 Å². The number of aromatic nitrogens is 1. The van der Waals surface area contributed by atoms with Gasteiger partial charge in [0.15, 0.2) is 0 Å². The maximum atomic E-state index is 11.2. The van der Waals surface area contributed by atoms with Crippen molar-refractivity contribution in [1.82, 2.24) is 10.3 Å². The lowest BCUT2D eigenvalue weighted by Gasteiger charge is -2.15. The molecule has 2 aromatic rings. The highest BCUT2D eigenvalue weighted by atomic mass is 32.1. The first-order valence-electron chi connectivity index (χ1n) is 7.62. The van der Waals surface area contributed by atoms with Crippen molar-refractivity contribution in [2.45, 2.75) is 39.5 Å². The van der Waals surface area contributed by atoms with Crippen LogP contribution in [-0.4, -0.2) is 22.1 Å². The third kappa shape index (κ3) is 6.00. The first-order valence-corrected chi connectivity index (χ1v) is 8.50. The van der Waals surface area contributed by atoms with Crippen LogP contribution in [0.15, 0.2) is 35.7 Å². The van der Waals surface area contributed by atoms with Crippen molar-refractivity contribution in [3.05, 3.63) is 46.4 Å². The number of rotatable bonds is 9.